The molecule has 0 aliphatic carbocycles. The number of halogens is 1. The molecule has 0 amide bonds. The third-order valence-corrected chi connectivity index (χ3v) is 3.20. The fourth-order valence-corrected chi connectivity index (χ4v) is 2.21. The zero-order chi connectivity index (χ0) is 13.3. The van der Waals surface area contributed by atoms with Gasteiger partial charge in [-0.05, 0) is 39.0 Å². The summed E-state index contributed by atoms with van der Waals surface area (Å²) in [5, 5.41) is 0. The average molecular weight is 307 g/mol. The summed E-state index contributed by atoms with van der Waals surface area (Å²) in [6, 6.07) is 11.1. The minimum absolute atomic E-state index is 0.0733. The van der Waals surface area contributed by atoms with Crippen LogP contribution in [0.5, 0.6) is 0 Å². The highest BCUT2D eigenvalue weighted by molar-refractivity contribution is 9.10. The number of carbonyl (C=O) groups is 1. The van der Waals surface area contributed by atoms with E-state index >= 15 is 0 Å². The molecule has 0 fully saturated rings. The van der Waals surface area contributed by atoms with Gasteiger partial charge < -0.3 is 4.42 Å². The fraction of sp³-hybridized carbons (Fsp3) is 0.267. The van der Waals surface area contributed by atoms with Gasteiger partial charge in [0.05, 0.1) is 0 Å². The first kappa shape index (κ1) is 13.1. The van der Waals surface area contributed by atoms with Gasteiger partial charge in [-0.15, -0.1) is 0 Å². The van der Waals surface area contributed by atoms with Crippen LogP contribution in [-0.2, 0) is 5.41 Å². The maximum atomic E-state index is 12.4. The summed E-state index contributed by atoms with van der Waals surface area (Å²) in [5.74, 6) is 0.282. The van der Waals surface area contributed by atoms with Crippen molar-refractivity contribution in [3.8, 4) is 0 Å². The molecule has 0 saturated carbocycles. The molecule has 1 aromatic heterocycles. The summed E-state index contributed by atoms with van der Waals surface area (Å²) >= 11 is 3.21. The largest absolute Gasteiger partial charge is 0.446 e. The molecule has 2 nitrogen and oxygen atoms in total. The Bertz CT molecular complexity index is 576. The molecule has 2 aromatic rings. The smallest absolute Gasteiger partial charge is 0.228 e. The van der Waals surface area contributed by atoms with Crippen LogP contribution in [-0.4, -0.2) is 5.78 Å². The van der Waals surface area contributed by atoms with Crippen molar-refractivity contribution in [2.45, 2.75) is 26.2 Å². The first-order valence-electron chi connectivity index (χ1n) is 5.79. The lowest BCUT2D eigenvalue weighted by atomic mass is 9.82. The SMILES string of the molecule is CC(C)(C)c1ccccc1C(=O)c1ccc(Br)o1. The molecule has 18 heavy (non-hydrogen) atoms. The Balaban J connectivity index is 2.49. The van der Waals surface area contributed by atoms with E-state index < -0.39 is 0 Å². The maximum Gasteiger partial charge on any atom is 0.228 e. The van der Waals surface area contributed by atoms with Gasteiger partial charge in [-0.3, -0.25) is 4.79 Å². The molecular formula is C15H15BrO2. The van der Waals surface area contributed by atoms with Gasteiger partial charge in [0, 0.05) is 5.56 Å². The molecule has 0 saturated heterocycles. The molecule has 0 unspecified atom stereocenters. The lowest BCUT2D eigenvalue weighted by Gasteiger charge is -2.21. The Morgan fingerprint density at radius 2 is 1.78 bits per heavy atom. The van der Waals surface area contributed by atoms with Crippen LogP contribution in [0.2, 0.25) is 0 Å². The van der Waals surface area contributed by atoms with E-state index in [1.165, 1.54) is 0 Å². The van der Waals surface area contributed by atoms with Gasteiger partial charge in [-0.2, -0.15) is 0 Å². The monoisotopic (exact) mass is 306 g/mol. The van der Waals surface area contributed by atoms with E-state index in [4.69, 9.17) is 4.42 Å². The number of hydrogen-bond donors (Lipinski definition) is 0. The van der Waals surface area contributed by atoms with Crippen LogP contribution in [0, 0.1) is 0 Å². The summed E-state index contributed by atoms with van der Waals surface area (Å²) in [7, 11) is 0. The van der Waals surface area contributed by atoms with E-state index in [1.807, 2.05) is 24.3 Å². The highest BCUT2D eigenvalue weighted by Gasteiger charge is 2.23. The first-order valence-corrected chi connectivity index (χ1v) is 6.58. The van der Waals surface area contributed by atoms with Crippen LogP contribution >= 0.6 is 15.9 Å². The summed E-state index contributed by atoms with van der Waals surface area (Å²) < 4.78 is 5.90. The molecule has 3 heteroatoms. The van der Waals surface area contributed by atoms with Crippen molar-refractivity contribution in [3.63, 3.8) is 0 Å². The van der Waals surface area contributed by atoms with Crippen molar-refractivity contribution in [1.82, 2.24) is 0 Å². The lowest BCUT2D eigenvalue weighted by molar-refractivity contribution is 0.101. The fourth-order valence-electron chi connectivity index (χ4n) is 1.90. The zero-order valence-corrected chi connectivity index (χ0v) is 12.2. The average Bonchev–Trinajstić information content (AvgIpc) is 2.74. The van der Waals surface area contributed by atoms with E-state index in [-0.39, 0.29) is 11.2 Å². The molecule has 0 atom stereocenters. The maximum absolute atomic E-state index is 12.4. The number of furan rings is 1. The second kappa shape index (κ2) is 4.73. The molecule has 0 N–H and O–H groups in total. The molecule has 1 aromatic carbocycles. The Kier molecular flexibility index (Phi) is 3.44. The molecule has 0 radical (unpaired) electrons. The standard InChI is InChI=1S/C15H15BrO2/c1-15(2,3)11-7-5-4-6-10(11)14(17)12-8-9-13(16)18-12/h4-9H,1-3H3. The minimum atomic E-state index is -0.0776. The van der Waals surface area contributed by atoms with Crippen LogP contribution in [0.4, 0.5) is 0 Å². The van der Waals surface area contributed by atoms with E-state index in [0.29, 0.717) is 16.0 Å². The van der Waals surface area contributed by atoms with E-state index in [1.54, 1.807) is 12.1 Å². The lowest BCUT2D eigenvalue weighted by Crippen LogP contribution is -2.17. The van der Waals surface area contributed by atoms with Gasteiger partial charge in [0.2, 0.25) is 5.78 Å². The van der Waals surface area contributed by atoms with Crippen molar-refractivity contribution in [2.75, 3.05) is 0 Å². The van der Waals surface area contributed by atoms with Crippen LogP contribution in [0.1, 0.15) is 42.5 Å². The predicted molar refractivity (Wildman–Crippen MR) is 75.0 cm³/mol. The number of hydrogen-bond acceptors (Lipinski definition) is 2. The number of benzene rings is 1. The van der Waals surface area contributed by atoms with Crippen molar-refractivity contribution < 1.29 is 9.21 Å². The zero-order valence-electron chi connectivity index (χ0n) is 10.7. The highest BCUT2D eigenvalue weighted by Crippen LogP contribution is 2.28. The van der Waals surface area contributed by atoms with Gasteiger partial charge in [0.1, 0.15) is 0 Å². The van der Waals surface area contributed by atoms with E-state index in [9.17, 15) is 4.79 Å². The second-order valence-corrected chi connectivity index (χ2v) is 6.01. The normalized spacial score (nSPS) is 11.6. The Morgan fingerprint density at radius 1 is 1.11 bits per heavy atom. The van der Waals surface area contributed by atoms with Gasteiger partial charge in [-0.25, -0.2) is 0 Å². The summed E-state index contributed by atoms with van der Waals surface area (Å²) in [5.41, 5.74) is 1.66. The molecule has 0 aliphatic heterocycles. The molecule has 2 rings (SSSR count). The topological polar surface area (TPSA) is 30.2 Å². The number of ketones is 1. The van der Waals surface area contributed by atoms with Gasteiger partial charge >= 0.3 is 0 Å². The van der Waals surface area contributed by atoms with Crippen molar-refractivity contribution in [1.29, 1.82) is 0 Å². The third-order valence-electron chi connectivity index (χ3n) is 2.78. The number of rotatable bonds is 2. The first-order chi connectivity index (χ1) is 8.39. The summed E-state index contributed by atoms with van der Waals surface area (Å²) in [6.07, 6.45) is 0. The molecule has 94 valence electrons. The Morgan fingerprint density at radius 3 is 2.33 bits per heavy atom. The van der Waals surface area contributed by atoms with Crippen LogP contribution < -0.4 is 0 Å². The van der Waals surface area contributed by atoms with Crippen molar-refractivity contribution in [3.05, 3.63) is 58.0 Å². The Hall–Kier alpha value is -1.35. The highest BCUT2D eigenvalue weighted by atomic mass is 79.9. The predicted octanol–water partition coefficient (Wildman–Crippen LogP) is 4.57. The van der Waals surface area contributed by atoms with E-state index in [2.05, 4.69) is 36.7 Å². The second-order valence-electron chi connectivity index (χ2n) is 5.23. The van der Waals surface area contributed by atoms with E-state index in [0.717, 1.165) is 5.56 Å². The summed E-state index contributed by atoms with van der Waals surface area (Å²) in [6.45, 7) is 6.28. The number of carbonyl (C=O) groups excluding carboxylic acids is 1. The summed E-state index contributed by atoms with van der Waals surface area (Å²) in [4.78, 5) is 12.4. The molecular weight excluding hydrogens is 292 g/mol. The Labute approximate surface area is 115 Å². The molecule has 1 heterocycles. The van der Waals surface area contributed by atoms with Crippen molar-refractivity contribution >= 4 is 21.7 Å². The van der Waals surface area contributed by atoms with Crippen LogP contribution in [0.15, 0.2) is 45.5 Å². The molecule has 0 bridgehead atoms. The van der Waals surface area contributed by atoms with Crippen LogP contribution in [0.25, 0.3) is 0 Å². The third kappa shape index (κ3) is 2.56. The van der Waals surface area contributed by atoms with Gasteiger partial charge in [-0.1, -0.05) is 45.0 Å². The van der Waals surface area contributed by atoms with Crippen molar-refractivity contribution in [2.24, 2.45) is 0 Å². The minimum Gasteiger partial charge on any atom is -0.446 e. The molecule has 0 spiro atoms. The van der Waals surface area contributed by atoms with Gasteiger partial charge in [0.25, 0.3) is 0 Å². The van der Waals surface area contributed by atoms with Crippen LogP contribution in [0.3, 0.4) is 0 Å². The van der Waals surface area contributed by atoms with Gasteiger partial charge in [0.15, 0.2) is 10.4 Å². The molecule has 0 aliphatic rings. The quantitative estimate of drug-likeness (QED) is 0.761.